The number of benzene rings is 1. The van der Waals surface area contributed by atoms with E-state index in [4.69, 9.17) is 0 Å². The van der Waals surface area contributed by atoms with Crippen LogP contribution in [0.1, 0.15) is 45.7 Å². The number of aromatic nitrogens is 2. The normalized spacial score (nSPS) is 10.6. The van der Waals surface area contributed by atoms with Gasteiger partial charge in [0.2, 0.25) is 0 Å². The van der Waals surface area contributed by atoms with Gasteiger partial charge >= 0.3 is 0 Å². The van der Waals surface area contributed by atoms with E-state index >= 15 is 0 Å². The van der Waals surface area contributed by atoms with E-state index in [1.807, 2.05) is 56.3 Å². The van der Waals surface area contributed by atoms with Gasteiger partial charge in [0.25, 0.3) is 11.8 Å². The average Bonchev–Trinajstić information content (AvgIpc) is 2.76. The second-order valence-electron chi connectivity index (χ2n) is 7.01. The summed E-state index contributed by atoms with van der Waals surface area (Å²) in [7, 11) is 0. The molecule has 2 heterocycles. The molecule has 6 nitrogen and oxygen atoms in total. The van der Waals surface area contributed by atoms with Crippen LogP contribution in [0.5, 0.6) is 0 Å². The van der Waals surface area contributed by atoms with E-state index in [-0.39, 0.29) is 17.9 Å². The van der Waals surface area contributed by atoms with E-state index in [2.05, 4.69) is 15.3 Å². The third kappa shape index (κ3) is 5.48. The second-order valence-corrected chi connectivity index (χ2v) is 7.01. The number of rotatable bonds is 7. The number of nitrogens with one attached hydrogen (secondary N) is 1. The van der Waals surface area contributed by atoms with Crippen LogP contribution in [0.2, 0.25) is 0 Å². The largest absolute Gasteiger partial charge is 0.348 e. The Morgan fingerprint density at radius 2 is 1.62 bits per heavy atom. The van der Waals surface area contributed by atoms with Crippen LogP contribution in [0.3, 0.4) is 0 Å². The molecule has 148 valence electrons. The lowest BCUT2D eigenvalue weighted by Gasteiger charge is -2.27. The first-order valence-corrected chi connectivity index (χ1v) is 9.51. The van der Waals surface area contributed by atoms with Gasteiger partial charge in [-0.15, -0.1) is 0 Å². The van der Waals surface area contributed by atoms with Gasteiger partial charge in [0.15, 0.2) is 0 Å². The number of amides is 2. The second kappa shape index (κ2) is 9.59. The standard InChI is InChI=1S/C23H24N4O2/c1-17(2)27(16-19-6-4-3-5-7-19)23(29)21-12-20(14-25-15-21)22(28)26-13-18-8-10-24-11-9-18/h3-12,14-15,17H,13,16H2,1-2H3,(H,26,28). The highest BCUT2D eigenvalue weighted by molar-refractivity contribution is 5.99. The summed E-state index contributed by atoms with van der Waals surface area (Å²) in [6, 6.07) is 15.1. The van der Waals surface area contributed by atoms with Crippen molar-refractivity contribution in [1.29, 1.82) is 0 Å². The molecule has 0 saturated carbocycles. The molecule has 3 aromatic rings. The van der Waals surface area contributed by atoms with Crippen LogP contribution in [-0.4, -0.2) is 32.7 Å². The molecule has 0 fully saturated rings. The van der Waals surface area contributed by atoms with Crippen LogP contribution in [0, 0.1) is 0 Å². The first kappa shape index (κ1) is 20.2. The van der Waals surface area contributed by atoms with E-state index in [9.17, 15) is 9.59 Å². The molecule has 0 spiro atoms. The van der Waals surface area contributed by atoms with Crippen molar-refractivity contribution in [2.24, 2.45) is 0 Å². The number of hydrogen-bond acceptors (Lipinski definition) is 4. The van der Waals surface area contributed by atoms with Crippen LogP contribution in [0.15, 0.2) is 73.3 Å². The number of hydrogen-bond donors (Lipinski definition) is 1. The monoisotopic (exact) mass is 388 g/mol. The average molecular weight is 388 g/mol. The first-order valence-electron chi connectivity index (χ1n) is 9.51. The summed E-state index contributed by atoms with van der Waals surface area (Å²) in [6.45, 7) is 4.82. The predicted molar refractivity (Wildman–Crippen MR) is 111 cm³/mol. The van der Waals surface area contributed by atoms with Crippen molar-refractivity contribution in [2.45, 2.75) is 33.0 Å². The maximum atomic E-state index is 13.1. The van der Waals surface area contributed by atoms with E-state index in [1.165, 1.54) is 12.4 Å². The van der Waals surface area contributed by atoms with E-state index in [0.717, 1.165) is 11.1 Å². The molecule has 0 unspecified atom stereocenters. The number of nitrogens with zero attached hydrogens (tertiary/aromatic N) is 3. The summed E-state index contributed by atoms with van der Waals surface area (Å²) in [5, 5.41) is 2.84. The molecule has 2 aromatic heterocycles. The Kier molecular flexibility index (Phi) is 6.68. The molecule has 0 saturated heterocycles. The third-order valence-corrected chi connectivity index (χ3v) is 4.53. The molecule has 0 radical (unpaired) electrons. The Morgan fingerprint density at radius 3 is 2.31 bits per heavy atom. The summed E-state index contributed by atoms with van der Waals surface area (Å²) in [5.41, 5.74) is 2.75. The zero-order chi connectivity index (χ0) is 20.6. The summed E-state index contributed by atoms with van der Waals surface area (Å²) in [4.78, 5) is 35.4. The minimum Gasteiger partial charge on any atom is -0.348 e. The third-order valence-electron chi connectivity index (χ3n) is 4.53. The zero-order valence-electron chi connectivity index (χ0n) is 16.6. The van der Waals surface area contributed by atoms with Crippen molar-refractivity contribution in [3.8, 4) is 0 Å². The topological polar surface area (TPSA) is 75.2 Å². The smallest absolute Gasteiger partial charge is 0.255 e. The van der Waals surface area contributed by atoms with Crippen LogP contribution in [0.4, 0.5) is 0 Å². The van der Waals surface area contributed by atoms with Crippen molar-refractivity contribution in [2.75, 3.05) is 0 Å². The van der Waals surface area contributed by atoms with Gasteiger partial charge in [-0.3, -0.25) is 19.6 Å². The van der Waals surface area contributed by atoms with Gasteiger partial charge in [-0.1, -0.05) is 30.3 Å². The molecule has 6 heteroatoms. The van der Waals surface area contributed by atoms with Crippen molar-refractivity contribution in [1.82, 2.24) is 20.2 Å². The minimum absolute atomic E-state index is 0.00637. The first-order chi connectivity index (χ1) is 14.0. The van der Waals surface area contributed by atoms with Crippen molar-refractivity contribution >= 4 is 11.8 Å². The van der Waals surface area contributed by atoms with Crippen LogP contribution >= 0.6 is 0 Å². The summed E-state index contributed by atoms with van der Waals surface area (Å²) < 4.78 is 0. The summed E-state index contributed by atoms with van der Waals surface area (Å²) >= 11 is 0. The SMILES string of the molecule is CC(C)N(Cc1ccccc1)C(=O)c1cncc(C(=O)NCc2ccncc2)c1. The minimum atomic E-state index is -0.275. The van der Waals surface area contributed by atoms with Crippen LogP contribution in [0.25, 0.3) is 0 Å². The predicted octanol–water partition coefficient (Wildman–Crippen LogP) is 3.46. The highest BCUT2D eigenvalue weighted by Gasteiger charge is 2.20. The van der Waals surface area contributed by atoms with Gasteiger partial charge in [0.05, 0.1) is 11.1 Å². The Hall–Kier alpha value is -3.54. The van der Waals surface area contributed by atoms with Crippen LogP contribution in [-0.2, 0) is 13.1 Å². The Labute approximate surface area is 170 Å². The molecule has 1 N–H and O–H groups in total. The highest BCUT2D eigenvalue weighted by atomic mass is 16.2. The van der Waals surface area contributed by atoms with Gasteiger partial charge in [0.1, 0.15) is 0 Å². The lowest BCUT2D eigenvalue weighted by atomic mass is 10.1. The molecule has 0 bridgehead atoms. The number of pyridine rings is 2. The van der Waals surface area contributed by atoms with Crippen molar-refractivity contribution in [3.05, 3.63) is 95.6 Å². The van der Waals surface area contributed by atoms with E-state index in [0.29, 0.717) is 24.2 Å². The van der Waals surface area contributed by atoms with Crippen molar-refractivity contribution in [3.63, 3.8) is 0 Å². The summed E-state index contributed by atoms with van der Waals surface area (Å²) in [5.74, 6) is -0.428. The highest BCUT2D eigenvalue weighted by Crippen LogP contribution is 2.14. The molecule has 1 aromatic carbocycles. The van der Waals surface area contributed by atoms with Crippen molar-refractivity contribution < 1.29 is 9.59 Å². The van der Waals surface area contributed by atoms with E-state index in [1.54, 1.807) is 23.4 Å². The molecule has 0 atom stereocenters. The molecule has 0 aliphatic carbocycles. The maximum absolute atomic E-state index is 13.1. The van der Waals surface area contributed by atoms with Crippen LogP contribution < -0.4 is 5.32 Å². The molecule has 2 amide bonds. The lowest BCUT2D eigenvalue weighted by Crippen LogP contribution is -2.36. The fourth-order valence-electron chi connectivity index (χ4n) is 2.90. The van der Waals surface area contributed by atoms with E-state index < -0.39 is 0 Å². The fraction of sp³-hybridized carbons (Fsp3) is 0.217. The summed E-state index contributed by atoms with van der Waals surface area (Å²) in [6.07, 6.45) is 6.32. The molecular formula is C23H24N4O2. The van der Waals surface area contributed by atoms with Gasteiger partial charge in [-0.2, -0.15) is 0 Å². The number of carbonyl (C=O) groups excluding carboxylic acids is 2. The fourth-order valence-corrected chi connectivity index (χ4v) is 2.90. The molecule has 3 rings (SSSR count). The lowest BCUT2D eigenvalue weighted by molar-refractivity contribution is 0.0690. The van der Waals surface area contributed by atoms with Gasteiger partial charge in [0, 0.05) is 43.9 Å². The quantitative estimate of drug-likeness (QED) is 0.673. The maximum Gasteiger partial charge on any atom is 0.255 e. The Morgan fingerprint density at radius 1 is 0.931 bits per heavy atom. The molecular weight excluding hydrogens is 364 g/mol. The number of carbonyl (C=O) groups is 2. The molecule has 0 aliphatic rings. The van der Waals surface area contributed by atoms with Gasteiger partial charge in [-0.05, 0) is 43.2 Å². The van der Waals surface area contributed by atoms with Gasteiger partial charge in [-0.25, -0.2) is 0 Å². The van der Waals surface area contributed by atoms with Gasteiger partial charge < -0.3 is 10.2 Å². The molecule has 29 heavy (non-hydrogen) atoms. The molecule has 0 aliphatic heterocycles. The Bertz CT molecular complexity index is 959. The Balaban J connectivity index is 1.72. The zero-order valence-corrected chi connectivity index (χ0v) is 16.6.